The maximum Gasteiger partial charge on any atom is 0.326 e. The number of esters is 1. The summed E-state index contributed by atoms with van der Waals surface area (Å²) in [6, 6.07) is 5.24. The Bertz CT molecular complexity index is 544. The molecule has 1 atom stereocenters. The maximum absolute atomic E-state index is 12.1. The van der Waals surface area contributed by atoms with Crippen LogP contribution in [-0.2, 0) is 14.3 Å². The van der Waals surface area contributed by atoms with Gasteiger partial charge in [0.1, 0.15) is 6.04 Å². The molecule has 1 aromatic rings. The number of carbonyl (C=O) groups is 3. The number of carbonyl (C=O) groups excluding carboxylic acids is 2. The molecule has 0 radical (unpaired) electrons. The number of aliphatic carboxylic acids is 1. The van der Waals surface area contributed by atoms with Gasteiger partial charge in [-0.05, 0) is 18.6 Å². The van der Waals surface area contributed by atoms with Crippen LogP contribution in [0, 0.1) is 6.92 Å². The van der Waals surface area contributed by atoms with Crippen LogP contribution in [0.25, 0.3) is 0 Å². The fraction of sp³-hybridized carbons (Fsp3) is 0.357. The van der Waals surface area contributed by atoms with E-state index in [-0.39, 0.29) is 0 Å². The van der Waals surface area contributed by atoms with Gasteiger partial charge in [0.25, 0.3) is 0 Å². The number of para-hydroxylation sites is 1. The molecular formula is C14H18N2O5. The number of methoxy groups -OCH3 is 1. The van der Waals surface area contributed by atoms with Crippen molar-refractivity contribution in [1.82, 2.24) is 5.32 Å². The molecule has 0 saturated heterocycles. The van der Waals surface area contributed by atoms with Crippen molar-refractivity contribution in [2.75, 3.05) is 19.1 Å². The lowest BCUT2D eigenvalue weighted by Gasteiger charge is -2.22. The van der Waals surface area contributed by atoms with Crippen molar-refractivity contribution in [2.24, 2.45) is 0 Å². The Morgan fingerprint density at radius 2 is 1.95 bits per heavy atom. The number of amides is 2. The number of anilines is 1. The SMILES string of the molecule is COC(=O)C[C@H](NC(=O)N(C)c1ccccc1C)C(=O)O. The van der Waals surface area contributed by atoms with E-state index in [0.29, 0.717) is 5.69 Å². The molecular weight excluding hydrogens is 276 g/mol. The zero-order valence-electron chi connectivity index (χ0n) is 12.1. The average molecular weight is 294 g/mol. The molecule has 0 unspecified atom stereocenters. The number of aryl methyl sites for hydroxylation is 1. The van der Waals surface area contributed by atoms with Gasteiger partial charge in [0.2, 0.25) is 0 Å². The molecule has 21 heavy (non-hydrogen) atoms. The number of carboxylic acid groups (broad SMARTS) is 1. The van der Waals surface area contributed by atoms with Crippen LogP contribution in [0.3, 0.4) is 0 Å². The van der Waals surface area contributed by atoms with Crippen molar-refractivity contribution in [3.8, 4) is 0 Å². The van der Waals surface area contributed by atoms with E-state index in [1.807, 2.05) is 19.1 Å². The third-order valence-corrected chi connectivity index (χ3v) is 2.98. The Kier molecular flexibility index (Phi) is 5.71. The van der Waals surface area contributed by atoms with Gasteiger partial charge in [-0.1, -0.05) is 18.2 Å². The van der Waals surface area contributed by atoms with Gasteiger partial charge in [0.05, 0.1) is 13.5 Å². The number of benzene rings is 1. The number of nitrogens with one attached hydrogen (secondary N) is 1. The van der Waals surface area contributed by atoms with Gasteiger partial charge in [0.15, 0.2) is 0 Å². The number of hydrogen-bond acceptors (Lipinski definition) is 4. The molecule has 7 heteroatoms. The van der Waals surface area contributed by atoms with Gasteiger partial charge in [0, 0.05) is 12.7 Å². The fourth-order valence-electron chi connectivity index (χ4n) is 1.75. The predicted molar refractivity (Wildman–Crippen MR) is 76.2 cm³/mol. The monoisotopic (exact) mass is 294 g/mol. The van der Waals surface area contributed by atoms with Crippen LogP contribution in [0.2, 0.25) is 0 Å². The summed E-state index contributed by atoms with van der Waals surface area (Å²) in [5.74, 6) is -2.01. The number of ether oxygens (including phenoxy) is 1. The van der Waals surface area contributed by atoms with E-state index in [9.17, 15) is 14.4 Å². The molecule has 0 aliphatic heterocycles. The summed E-state index contributed by atoms with van der Waals surface area (Å²) >= 11 is 0. The lowest BCUT2D eigenvalue weighted by molar-refractivity contribution is -0.147. The zero-order valence-corrected chi connectivity index (χ0v) is 12.1. The van der Waals surface area contributed by atoms with E-state index in [2.05, 4.69) is 10.1 Å². The normalized spacial score (nSPS) is 11.4. The summed E-state index contributed by atoms with van der Waals surface area (Å²) in [5.41, 5.74) is 1.52. The van der Waals surface area contributed by atoms with Crippen LogP contribution in [0.5, 0.6) is 0 Å². The highest BCUT2D eigenvalue weighted by atomic mass is 16.5. The summed E-state index contributed by atoms with van der Waals surface area (Å²) in [5, 5.41) is 11.3. The van der Waals surface area contributed by atoms with E-state index >= 15 is 0 Å². The smallest absolute Gasteiger partial charge is 0.326 e. The highest BCUT2D eigenvalue weighted by Gasteiger charge is 2.25. The summed E-state index contributed by atoms with van der Waals surface area (Å²) in [6.45, 7) is 1.84. The molecule has 0 fully saturated rings. The van der Waals surface area contributed by atoms with Crippen LogP contribution >= 0.6 is 0 Å². The Morgan fingerprint density at radius 3 is 2.48 bits per heavy atom. The van der Waals surface area contributed by atoms with E-state index in [1.165, 1.54) is 11.9 Å². The van der Waals surface area contributed by atoms with E-state index < -0.39 is 30.4 Å². The van der Waals surface area contributed by atoms with Crippen LogP contribution in [0.4, 0.5) is 10.5 Å². The Morgan fingerprint density at radius 1 is 1.33 bits per heavy atom. The Hall–Kier alpha value is -2.57. The molecule has 114 valence electrons. The summed E-state index contributed by atoms with van der Waals surface area (Å²) in [7, 11) is 2.68. The van der Waals surface area contributed by atoms with Gasteiger partial charge in [-0.25, -0.2) is 9.59 Å². The molecule has 0 saturated carbocycles. The largest absolute Gasteiger partial charge is 0.480 e. The minimum atomic E-state index is -1.34. The highest BCUT2D eigenvalue weighted by molar-refractivity contribution is 5.95. The van der Waals surface area contributed by atoms with Crippen molar-refractivity contribution >= 4 is 23.7 Å². The van der Waals surface area contributed by atoms with Gasteiger partial charge < -0.3 is 15.2 Å². The Labute approximate surface area is 122 Å². The van der Waals surface area contributed by atoms with Gasteiger partial charge in [-0.15, -0.1) is 0 Å². The zero-order chi connectivity index (χ0) is 16.0. The van der Waals surface area contributed by atoms with Gasteiger partial charge >= 0.3 is 18.0 Å². The number of rotatable bonds is 5. The van der Waals surface area contributed by atoms with Crippen LogP contribution in [0.1, 0.15) is 12.0 Å². The van der Waals surface area contributed by atoms with Crippen LogP contribution < -0.4 is 10.2 Å². The van der Waals surface area contributed by atoms with Crippen LogP contribution in [0.15, 0.2) is 24.3 Å². The second-order valence-corrected chi connectivity index (χ2v) is 4.47. The first-order valence-corrected chi connectivity index (χ1v) is 6.26. The molecule has 1 aromatic carbocycles. The van der Waals surface area contributed by atoms with Crippen molar-refractivity contribution in [3.63, 3.8) is 0 Å². The summed E-state index contributed by atoms with van der Waals surface area (Å²) in [4.78, 5) is 35.6. The standard InChI is InChI=1S/C14H18N2O5/c1-9-6-4-5-7-11(9)16(2)14(20)15-10(13(18)19)8-12(17)21-3/h4-7,10H,8H2,1-3H3,(H,15,20)(H,18,19)/t10-/m0/s1. The second-order valence-electron chi connectivity index (χ2n) is 4.47. The molecule has 0 aromatic heterocycles. The third kappa shape index (κ3) is 4.48. The number of nitrogens with zero attached hydrogens (tertiary/aromatic N) is 1. The van der Waals surface area contributed by atoms with Crippen molar-refractivity contribution in [2.45, 2.75) is 19.4 Å². The second kappa shape index (κ2) is 7.28. The number of hydrogen-bond donors (Lipinski definition) is 2. The maximum atomic E-state index is 12.1. The van der Waals surface area contributed by atoms with Crippen molar-refractivity contribution in [3.05, 3.63) is 29.8 Å². The summed E-state index contributed by atoms with van der Waals surface area (Å²) in [6.07, 6.45) is -0.431. The first kappa shape index (κ1) is 16.5. The quantitative estimate of drug-likeness (QED) is 0.794. The molecule has 0 bridgehead atoms. The molecule has 2 amide bonds. The van der Waals surface area contributed by atoms with Crippen molar-refractivity contribution < 1.29 is 24.2 Å². The first-order valence-electron chi connectivity index (χ1n) is 6.26. The van der Waals surface area contributed by atoms with E-state index in [4.69, 9.17) is 5.11 Å². The first-order chi connectivity index (χ1) is 9.86. The predicted octanol–water partition coefficient (Wildman–Crippen LogP) is 1.16. The number of urea groups is 1. The third-order valence-electron chi connectivity index (χ3n) is 2.98. The summed E-state index contributed by atoms with van der Waals surface area (Å²) < 4.78 is 4.41. The minimum Gasteiger partial charge on any atom is -0.480 e. The molecule has 0 heterocycles. The number of carboxylic acids is 1. The lowest BCUT2D eigenvalue weighted by Crippen LogP contribution is -2.48. The molecule has 7 nitrogen and oxygen atoms in total. The average Bonchev–Trinajstić information content (AvgIpc) is 2.45. The minimum absolute atomic E-state index is 0.431. The van der Waals surface area contributed by atoms with Crippen LogP contribution in [-0.4, -0.2) is 43.3 Å². The topological polar surface area (TPSA) is 95.9 Å². The molecule has 0 aliphatic rings. The fourth-order valence-corrected chi connectivity index (χ4v) is 1.75. The highest BCUT2D eigenvalue weighted by Crippen LogP contribution is 2.17. The molecule has 1 rings (SSSR count). The molecule has 0 spiro atoms. The van der Waals surface area contributed by atoms with E-state index in [1.54, 1.807) is 12.1 Å². The van der Waals surface area contributed by atoms with Crippen molar-refractivity contribution in [1.29, 1.82) is 0 Å². The van der Waals surface area contributed by atoms with Gasteiger partial charge in [-0.2, -0.15) is 0 Å². The molecule has 2 N–H and O–H groups in total. The van der Waals surface area contributed by atoms with Gasteiger partial charge in [-0.3, -0.25) is 9.69 Å². The molecule has 0 aliphatic carbocycles. The Balaban J connectivity index is 2.80. The lowest BCUT2D eigenvalue weighted by atomic mass is 10.2. The van der Waals surface area contributed by atoms with E-state index in [0.717, 1.165) is 12.7 Å².